The van der Waals surface area contributed by atoms with Crippen LogP contribution in [0.2, 0.25) is 0 Å². The first kappa shape index (κ1) is 21.0. The van der Waals surface area contributed by atoms with Gasteiger partial charge in [0.25, 0.3) is 11.1 Å². The normalized spacial score (nSPS) is 17.5. The highest BCUT2D eigenvalue weighted by molar-refractivity contribution is 7.98. The summed E-state index contributed by atoms with van der Waals surface area (Å²) in [5.74, 6) is 1.48. The van der Waals surface area contributed by atoms with E-state index >= 15 is 0 Å². The Labute approximate surface area is 181 Å². The Morgan fingerprint density at radius 1 is 1.27 bits per heavy atom. The number of carbonyl (C=O) groups excluding carboxylic acids is 1. The molecule has 0 unspecified atom stereocenters. The van der Waals surface area contributed by atoms with Crippen LogP contribution < -0.4 is 5.32 Å². The molecule has 0 radical (unpaired) electrons. The SMILES string of the molecule is Cc1ccc2oc(SCc3ccc(C(=O)NCCCN4CCCC[C@@H]4C)o3)nc2c1. The lowest BCUT2D eigenvalue weighted by Gasteiger charge is -2.33. The van der Waals surface area contributed by atoms with Crippen LogP contribution in [0, 0.1) is 6.92 Å². The summed E-state index contributed by atoms with van der Waals surface area (Å²) in [6.45, 7) is 7.20. The molecule has 1 atom stereocenters. The van der Waals surface area contributed by atoms with E-state index in [-0.39, 0.29) is 5.91 Å². The highest BCUT2D eigenvalue weighted by atomic mass is 32.2. The second-order valence-electron chi connectivity index (χ2n) is 8.00. The van der Waals surface area contributed by atoms with Gasteiger partial charge in [-0.3, -0.25) is 4.79 Å². The maximum Gasteiger partial charge on any atom is 0.286 e. The zero-order valence-corrected chi connectivity index (χ0v) is 18.5. The number of aromatic nitrogens is 1. The van der Waals surface area contributed by atoms with E-state index in [4.69, 9.17) is 8.83 Å². The molecule has 3 aromatic rings. The molecule has 0 bridgehead atoms. The Morgan fingerprint density at radius 3 is 3.03 bits per heavy atom. The third-order valence-corrected chi connectivity index (χ3v) is 6.45. The summed E-state index contributed by atoms with van der Waals surface area (Å²) in [5.41, 5.74) is 2.79. The molecule has 1 aliphatic rings. The van der Waals surface area contributed by atoms with E-state index < -0.39 is 0 Å². The first-order valence-electron chi connectivity index (χ1n) is 10.7. The minimum Gasteiger partial charge on any atom is -0.455 e. The Bertz CT molecular complexity index is 997. The van der Waals surface area contributed by atoms with Gasteiger partial charge in [0.05, 0.1) is 5.75 Å². The fourth-order valence-electron chi connectivity index (χ4n) is 3.85. The van der Waals surface area contributed by atoms with Gasteiger partial charge in [0.15, 0.2) is 11.3 Å². The topological polar surface area (TPSA) is 71.5 Å². The Hall–Kier alpha value is -2.25. The van der Waals surface area contributed by atoms with Crippen LogP contribution in [0.1, 0.15) is 54.5 Å². The Balaban J connectivity index is 1.22. The third-order valence-electron chi connectivity index (χ3n) is 5.60. The number of benzene rings is 1. The average Bonchev–Trinajstić information content (AvgIpc) is 3.37. The summed E-state index contributed by atoms with van der Waals surface area (Å²) in [7, 11) is 0. The summed E-state index contributed by atoms with van der Waals surface area (Å²) < 4.78 is 11.5. The molecule has 7 heteroatoms. The quantitative estimate of drug-likeness (QED) is 0.402. The fourth-order valence-corrected chi connectivity index (χ4v) is 4.58. The second-order valence-corrected chi connectivity index (χ2v) is 8.92. The number of hydrogen-bond acceptors (Lipinski definition) is 6. The van der Waals surface area contributed by atoms with Gasteiger partial charge >= 0.3 is 0 Å². The highest BCUT2D eigenvalue weighted by Crippen LogP contribution is 2.27. The molecule has 1 aliphatic heterocycles. The Morgan fingerprint density at radius 2 is 2.17 bits per heavy atom. The minimum absolute atomic E-state index is 0.157. The molecule has 1 N–H and O–H groups in total. The first-order valence-corrected chi connectivity index (χ1v) is 11.7. The van der Waals surface area contributed by atoms with Crippen molar-refractivity contribution in [3.63, 3.8) is 0 Å². The molecule has 1 amide bonds. The van der Waals surface area contributed by atoms with E-state index in [1.165, 1.54) is 37.6 Å². The number of thioether (sulfide) groups is 1. The van der Waals surface area contributed by atoms with Gasteiger partial charge in [-0.25, -0.2) is 4.98 Å². The van der Waals surface area contributed by atoms with Gasteiger partial charge in [-0.2, -0.15) is 0 Å². The van der Waals surface area contributed by atoms with Crippen molar-refractivity contribution in [2.75, 3.05) is 19.6 Å². The number of aryl methyl sites for hydroxylation is 1. The van der Waals surface area contributed by atoms with Gasteiger partial charge in [0, 0.05) is 19.1 Å². The Kier molecular flexibility index (Phi) is 6.79. The molecular formula is C23H29N3O3S. The summed E-state index contributed by atoms with van der Waals surface area (Å²) in [5, 5.41) is 3.57. The average molecular weight is 428 g/mol. The molecule has 0 saturated carbocycles. The van der Waals surface area contributed by atoms with Gasteiger partial charge in [0.2, 0.25) is 0 Å². The molecule has 0 spiro atoms. The lowest BCUT2D eigenvalue weighted by atomic mass is 10.0. The number of amides is 1. The van der Waals surface area contributed by atoms with Crippen molar-refractivity contribution < 1.29 is 13.6 Å². The number of nitrogens with one attached hydrogen (secondary N) is 1. The van der Waals surface area contributed by atoms with E-state index in [1.54, 1.807) is 6.07 Å². The lowest BCUT2D eigenvalue weighted by molar-refractivity contribution is 0.0920. The summed E-state index contributed by atoms with van der Waals surface area (Å²) in [4.78, 5) is 19.4. The van der Waals surface area contributed by atoms with Crippen molar-refractivity contribution in [1.82, 2.24) is 15.2 Å². The monoisotopic (exact) mass is 427 g/mol. The van der Waals surface area contributed by atoms with Crippen LogP contribution in [0.3, 0.4) is 0 Å². The van der Waals surface area contributed by atoms with Crippen molar-refractivity contribution in [2.45, 2.75) is 56.5 Å². The van der Waals surface area contributed by atoms with Crippen molar-refractivity contribution in [1.29, 1.82) is 0 Å². The molecule has 3 heterocycles. The van der Waals surface area contributed by atoms with Gasteiger partial charge in [-0.1, -0.05) is 24.2 Å². The van der Waals surface area contributed by atoms with Crippen LogP contribution in [0.25, 0.3) is 11.1 Å². The number of hydrogen-bond donors (Lipinski definition) is 1. The molecule has 1 saturated heterocycles. The van der Waals surface area contributed by atoms with E-state index in [0.29, 0.717) is 29.3 Å². The molecular weight excluding hydrogens is 398 g/mol. The summed E-state index contributed by atoms with van der Waals surface area (Å²) in [6, 6.07) is 10.2. The molecule has 4 rings (SSSR count). The van der Waals surface area contributed by atoms with Crippen LogP contribution in [-0.2, 0) is 5.75 Å². The fraction of sp³-hybridized carbons (Fsp3) is 0.478. The number of oxazole rings is 1. The van der Waals surface area contributed by atoms with E-state index in [1.807, 2.05) is 31.2 Å². The zero-order chi connectivity index (χ0) is 20.9. The van der Waals surface area contributed by atoms with Crippen molar-refractivity contribution in [3.8, 4) is 0 Å². The van der Waals surface area contributed by atoms with Gasteiger partial charge < -0.3 is 19.1 Å². The van der Waals surface area contributed by atoms with Crippen LogP contribution in [-0.4, -0.2) is 41.5 Å². The van der Waals surface area contributed by atoms with Crippen LogP contribution in [0.15, 0.2) is 44.4 Å². The molecule has 30 heavy (non-hydrogen) atoms. The predicted octanol–water partition coefficient (Wildman–Crippen LogP) is 5.02. The van der Waals surface area contributed by atoms with Crippen molar-refractivity contribution >= 4 is 28.8 Å². The minimum atomic E-state index is -0.157. The summed E-state index contributed by atoms with van der Waals surface area (Å²) in [6.07, 6.45) is 4.85. The van der Waals surface area contributed by atoms with E-state index in [2.05, 4.69) is 22.1 Å². The number of carbonyl (C=O) groups is 1. The third kappa shape index (κ3) is 5.26. The predicted molar refractivity (Wildman–Crippen MR) is 119 cm³/mol. The molecule has 0 aliphatic carbocycles. The standard InChI is InChI=1S/C23H29N3O3S/c1-16-7-9-20-19(14-16)25-23(29-20)30-15-18-8-10-21(28-18)22(27)24-11-5-13-26-12-4-3-6-17(26)2/h7-10,14,17H,3-6,11-13,15H2,1-2H3,(H,24,27)/t17-/m0/s1. The number of rotatable bonds is 8. The van der Waals surface area contributed by atoms with E-state index in [9.17, 15) is 4.79 Å². The first-order chi connectivity index (χ1) is 14.6. The number of furan rings is 1. The van der Waals surface area contributed by atoms with Crippen LogP contribution in [0.4, 0.5) is 0 Å². The highest BCUT2D eigenvalue weighted by Gasteiger charge is 2.18. The molecule has 160 valence electrons. The van der Waals surface area contributed by atoms with Gasteiger partial charge in [0.1, 0.15) is 11.3 Å². The zero-order valence-electron chi connectivity index (χ0n) is 17.6. The smallest absolute Gasteiger partial charge is 0.286 e. The molecule has 2 aromatic heterocycles. The number of likely N-dealkylation sites (tertiary alicyclic amines) is 1. The summed E-state index contributed by atoms with van der Waals surface area (Å²) >= 11 is 1.46. The molecule has 6 nitrogen and oxygen atoms in total. The van der Waals surface area contributed by atoms with Crippen LogP contribution >= 0.6 is 11.8 Å². The largest absolute Gasteiger partial charge is 0.455 e. The van der Waals surface area contributed by atoms with Gasteiger partial charge in [-0.15, -0.1) is 0 Å². The van der Waals surface area contributed by atoms with E-state index in [0.717, 1.165) is 35.4 Å². The molecule has 1 fully saturated rings. The maximum atomic E-state index is 12.3. The molecule has 1 aromatic carbocycles. The number of fused-ring (bicyclic) bond motifs is 1. The number of piperidine rings is 1. The van der Waals surface area contributed by atoms with Gasteiger partial charge in [-0.05, 0) is 69.5 Å². The van der Waals surface area contributed by atoms with Crippen molar-refractivity contribution in [2.24, 2.45) is 0 Å². The van der Waals surface area contributed by atoms with Crippen molar-refractivity contribution in [3.05, 3.63) is 47.4 Å². The second kappa shape index (κ2) is 9.71. The lowest BCUT2D eigenvalue weighted by Crippen LogP contribution is -2.39. The van der Waals surface area contributed by atoms with Crippen LogP contribution in [0.5, 0.6) is 0 Å². The number of nitrogens with zero attached hydrogens (tertiary/aromatic N) is 2. The maximum absolute atomic E-state index is 12.3.